The van der Waals surface area contributed by atoms with Crippen LogP contribution in [0.15, 0.2) is 81.9 Å². The summed E-state index contributed by atoms with van der Waals surface area (Å²) < 4.78 is 31.3. The summed E-state index contributed by atoms with van der Waals surface area (Å²) in [6.07, 6.45) is 0. The third-order valence-electron chi connectivity index (χ3n) is 5.31. The van der Waals surface area contributed by atoms with Gasteiger partial charge in [-0.2, -0.15) is 0 Å². The standard InChI is InChI=1S/C24H16N2O5S2/c1-31-16-9-6-14(7-10-16)19-13-32-24(25-19)26-23(28)15-8-11-18-21(12-15)33(29,30)20-5-3-2-4-17(20)22(18)27/h2-13H,1H3,(H,25,26,28). The van der Waals surface area contributed by atoms with Crippen molar-refractivity contribution in [3.8, 4) is 17.0 Å². The Morgan fingerprint density at radius 3 is 2.45 bits per heavy atom. The maximum atomic E-state index is 13.1. The minimum atomic E-state index is -3.92. The molecule has 164 valence electrons. The van der Waals surface area contributed by atoms with Crippen molar-refractivity contribution in [3.63, 3.8) is 0 Å². The van der Waals surface area contributed by atoms with Crippen molar-refractivity contribution in [2.24, 2.45) is 0 Å². The maximum absolute atomic E-state index is 13.1. The second kappa shape index (κ2) is 7.95. The third kappa shape index (κ3) is 3.61. The van der Waals surface area contributed by atoms with Gasteiger partial charge in [0.2, 0.25) is 9.84 Å². The van der Waals surface area contributed by atoms with E-state index < -0.39 is 15.7 Å². The van der Waals surface area contributed by atoms with Crippen molar-refractivity contribution >= 4 is 38.0 Å². The number of hydrogen-bond acceptors (Lipinski definition) is 7. The largest absolute Gasteiger partial charge is 0.497 e. The van der Waals surface area contributed by atoms with E-state index in [0.29, 0.717) is 10.8 Å². The molecule has 1 N–H and O–H groups in total. The first-order chi connectivity index (χ1) is 15.9. The highest BCUT2D eigenvalue weighted by Crippen LogP contribution is 2.35. The first kappa shape index (κ1) is 21.0. The Kier molecular flexibility index (Phi) is 5.07. The van der Waals surface area contributed by atoms with Crippen LogP contribution in [0.2, 0.25) is 0 Å². The molecule has 1 aliphatic rings. The predicted octanol–water partition coefficient (Wildman–Crippen LogP) is 4.45. The summed E-state index contributed by atoms with van der Waals surface area (Å²) in [5, 5.41) is 4.88. The number of methoxy groups -OCH3 is 1. The minimum Gasteiger partial charge on any atom is -0.497 e. The Balaban J connectivity index is 1.42. The molecular formula is C24H16N2O5S2. The molecule has 0 bridgehead atoms. The number of benzene rings is 3. The minimum absolute atomic E-state index is 0.0517. The monoisotopic (exact) mass is 476 g/mol. The fraction of sp³-hybridized carbons (Fsp3) is 0.0417. The van der Waals surface area contributed by atoms with Crippen molar-refractivity contribution in [1.82, 2.24) is 4.98 Å². The van der Waals surface area contributed by atoms with Crippen LogP contribution in [-0.4, -0.2) is 32.2 Å². The number of aromatic nitrogens is 1. The van der Waals surface area contributed by atoms with Crippen molar-refractivity contribution in [2.75, 3.05) is 12.4 Å². The fourth-order valence-corrected chi connectivity index (χ4v) is 6.01. The second-order valence-corrected chi connectivity index (χ2v) is 10.0. The van der Waals surface area contributed by atoms with Crippen LogP contribution >= 0.6 is 11.3 Å². The van der Waals surface area contributed by atoms with Crippen LogP contribution in [-0.2, 0) is 9.84 Å². The van der Waals surface area contributed by atoms with Gasteiger partial charge >= 0.3 is 0 Å². The SMILES string of the molecule is COc1ccc(-c2csc(NC(=O)c3ccc4c(c3)S(=O)(=O)c3ccccc3C4=O)n2)cc1. The van der Waals surface area contributed by atoms with Gasteiger partial charge in [-0.15, -0.1) is 11.3 Å². The summed E-state index contributed by atoms with van der Waals surface area (Å²) in [5.41, 5.74) is 1.86. The number of thiazole rings is 1. The Morgan fingerprint density at radius 2 is 1.70 bits per heavy atom. The molecule has 0 unspecified atom stereocenters. The maximum Gasteiger partial charge on any atom is 0.257 e. The van der Waals surface area contributed by atoms with E-state index in [1.807, 2.05) is 29.6 Å². The number of carbonyl (C=O) groups is 2. The van der Waals surface area contributed by atoms with E-state index in [2.05, 4.69) is 10.3 Å². The van der Waals surface area contributed by atoms with Crippen LogP contribution in [0.1, 0.15) is 26.3 Å². The van der Waals surface area contributed by atoms with E-state index in [9.17, 15) is 18.0 Å². The number of sulfone groups is 1. The molecule has 0 saturated carbocycles. The van der Waals surface area contributed by atoms with Crippen molar-refractivity contribution in [3.05, 3.63) is 88.8 Å². The summed E-state index contributed by atoms with van der Waals surface area (Å²) in [4.78, 5) is 29.8. The lowest BCUT2D eigenvalue weighted by atomic mass is 10.0. The molecule has 4 aromatic rings. The molecule has 1 amide bonds. The van der Waals surface area contributed by atoms with Gasteiger partial charge in [0.25, 0.3) is 5.91 Å². The topological polar surface area (TPSA) is 102 Å². The van der Waals surface area contributed by atoms with Gasteiger partial charge in [-0.25, -0.2) is 13.4 Å². The quantitative estimate of drug-likeness (QED) is 0.411. The first-order valence-electron chi connectivity index (χ1n) is 9.82. The predicted molar refractivity (Wildman–Crippen MR) is 124 cm³/mol. The highest BCUT2D eigenvalue weighted by Gasteiger charge is 2.35. The van der Waals surface area contributed by atoms with Crippen LogP contribution < -0.4 is 10.1 Å². The molecule has 1 aliphatic heterocycles. The zero-order valence-corrected chi connectivity index (χ0v) is 18.9. The molecule has 33 heavy (non-hydrogen) atoms. The number of fused-ring (bicyclic) bond motifs is 2. The van der Waals surface area contributed by atoms with Gasteiger partial charge in [-0.05, 0) is 54.6 Å². The van der Waals surface area contributed by atoms with E-state index in [0.717, 1.165) is 11.3 Å². The van der Waals surface area contributed by atoms with Gasteiger partial charge in [-0.1, -0.05) is 12.1 Å². The van der Waals surface area contributed by atoms with Crippen molar-refractivity contribution in [1.29, 1.82) is 0 Å². The number of hydrogen-bond donors (Lipinski definition) is 1. The number of nitrogens with one attached hydrogen (secondary N) is 1. The van der Waals surface area contributed by atoms with Crippen LogP contribution in [0.25, 0.3) is 11.3 Å². The number of anilines is 1. The molecule has 0 saturated heterocycles. The van der Waals surface area contributed by atoms with E-state index in [1.165, 1.54) is 41.7 Å². The summed E-state index contributed by atoms with van der Waals surface area (Å²) in [5.74, 6) is -0.174. The van der Waals surface area contributed by atoms with Gasteiger partial charge in [0.1, 0.15) is 5.75 Å². The highest BCUT2D eigenvalue weighted by molar-refractivity contribution is 7.91. The Morgan fingerprint density at radius 1 is 0.970 bits per heavy atom. The van der Waals surface area contributed by atoms with Gasteiger partial charge in [-0.3, -0.25) is 14.9 Å². The normalized spacial score (nSPS) is 13.7. The number of carbonyl (C=O) groups excluding carboxylic acids is 2. The molecule has 9 heteroatoms. The molecule has 3 aromatic carbocycles. The lowest BCUT2D eigenvalue weighted by Gasteiger charge is -2.19. The Labute approximate surface area is 193 Å². The van der Waals surface area contributed by atoms with Crippen molar-refractivity contribution < 1.29 is 22.7 Å². The second-order valence-electron chi connectivity index (χ2n) is 7.26. The summed E-state index contributed by atoms with van der Waals surface area (Å²) in [6, 6.07) is 17.5. The average Bonchev–Trinajstić information content (AvgIpc) is 3.31. The van der Waals surface area contributed by atoms with E-state index >= 15 is 0 Å². The smallest absolute Gasteiger partial charge is 0.257 e. The number of ether oxygens (including phenoxy) is 1. The molecule has 0 radical (unpaired) electrons. The lowest BCUT2D eigenvalue weighted by molar-refractivity contribution is 0.101. The fourth-order valence-electron chi connectivity index (χ4n) is 3.62. The third-order valence-corrected chi connectivity index (χ3v) is 7.92. The molecule has 0 aliphatic carbocycles. The highest BCUT2D eigenvalue weighted by atomic mass is 32.2. The summed E-state index contributed by atoms with van der Waals surface area (Å²) in [6.45, 7) is 0. The summed E-state index contributed by atoms with van der Waals surface area (Å²) >= 11 is 1.25. The number of nitrogens with zero attached hydrogens (tertiary/aromatic N) is 1. The lowest BCUT2D eigenvalue weighted by Crippen LogP contribution is -2.21. The van der Waals surface area contributed by atoms with Crippen LogP contribution in [0.5, 0.6) is 5.75 Å². The molecule has 0 atom stereocenters. The van der Waals surface area contributed by atoms with Gasteiger partial charge in [0.15, 0.2) is 10.9 Å². The van der Waals surface area contributed by atoms with Crippen LogP contribution in [0.3, 0.4) is 0 Å². The molecule has 0 fully saturated rings. The molecular weight excluding hydrogens is 460 g/mol. The molecule has 7 nitrogen and oxygen atoms in total. The first-order valence-corrected chi connectivity index (χ1v) is 12.2. The van der Waals surface area contributed by atoms with E-state index in [1.54, 1.807) is 19.2 Å². The number of ketones is 1. The van der Waals surface area contributed by atoms with Crippen molar-refractivity contribution in [2.45, 2.75) is 9.79 Å². The Hall–Kier alpha value is -3.82. The van der Waals surface area contributed by atoms with E-state index in [-0.39, 0.29) is 32.3 Å². The van der Waals surface area contributed by atoms with Gasteiger partial charge in [0, 0.05) is 27.6 Å². The average molecular weight is 477 g/mol. The van der Waals surface area contributed by atoms with Crippen LogP contribution in [0, 0.1) is 0 Å². The molecule has 2 heterocycles. The summed E-state index contributed by atoms with van der Waals surface area (Å²) in [7, 11) is -2.34. The Bertz CT molecular complexity index is 1520. The van der Waals surface area contributed by atoms with Gasteiger partial charge in [0.05, 0.1) is 22.6 Å². The van der Waals surface area contributed by atoms with Crippen LogP contribution in [0.4, 0.5) is 5.13 Å². The van der Waals surface area contributed by atoms with Gasteiger partial charge < -0.3 is 4.74 Å². The molecule has 1 aromatic heterocycles. The number of rotatable bonds is 4. The molecule has 0 spiro atoms. The number of amides is 1. The van der Waals surface area contributed by atoms with E-state index in [4.69, 9.17) is 4.74 Å². The zero-order chi connectivity index (χ0) is 23.2. The zero-order valence-electron chi connectivity index (χ0n) is 17.2. The molecule has 5 rings (SSSR count).